The second-order valence-electron chi connectivity index (χ2n) is 6.10. The van der Waals surface area contributed by atoms with E-state index in [1.54, 1.807) is 13.8 Å². The summed E-state index contributed by atoms with van der Waals surface area (Å²) < 4.78 is 7.35. The van der Waals surface area contributed by atoms with Gasteiger partial charge in [0.15, 0.2) is 4.80 Å². The number of aromatic nitrogens is 1. The van der Waals surface area contributed by atoms with Crippen molar-refractivity contribution in [3.63, 3.8) is 0 Å². The van der Waals surface area contributed by atoms with Gasteiger partial charge in [-0.15, -0.1) is 0 Å². The Labute approximate surface area is 156 Å². The number of fused-ring (bicyclic) bond motifs is 1. The maximum atomic E-state index is 12.9. The van der Waals surface area contributed by atoms with Gasteiger partial charge in [-0.1, -0.05) is 55.0 Å². The zero-order valence-corrected chi connectivity index (χ0v) is 16.0. The number of benzene rings is 1. The van der Waals surface area contributed by atoms with Crippen LogP contribution in [0.5, 0.6) is 0 Å². The first kappa shape index (κ1) is 18.3. The Kier molecular flexibility index (Phi) is 5.52. The van der Waals surface area contributed by atoms with Gasteiger partial charge in [-0.25, -0.2) is 9.79 Å². The molecule has 0 saturated carbocycles. The number of carbonyl (C=O) groups is 1. The molecule has 0 unspecified atom stereocenters. The first-order valence-corrected chi connectivity index (χ1v) is 9.63. The molecule has 136 valence electrons. The van der Waals surface area contributed by atoms with Crippen LogP contribution in [0.3, 0.4) is 0 Å². The van der Waals surface area contributed by atoms with E-state index in [0.717, 1.165) is 18.4 Å². The summed E-state index contributed by atoms with van der Waals surface area (Å²) in [4.78, 5) is 30.7. The highest BCUT2D eigenvalue weighted by Gasteiger charge is 2.29. The lowest BCUT2D eigenvalue weighted by Gasteiger charge is -2.21. The Bertz CT molecular complexity index is 1020. The molecule has 0 aliphatic carbocycles. The van der Waals surface area contributed by atoms with Gasteiger partial charge < -0.3 is 4.74 Å². The first-order valence-electron chi connectivity index (χ1n) is 8.81. The maximum Gasteiger partial charge on any atom is 0.337 e. The lowest BCUT2D eigenvalue weighted by atomic mass is 10.00. The summed E-state index contributed by atoms with van der Waals surface area (Å²) in [6.45, 7) is 5.93. The summed E-state index contributed by atoms with van der Waals surface area (Å²) in [6, 6.07) is 9.44. The van der Waals surface area contributed by atoms with E-state index in [-0.39, 0.29) is 17.6 Å². The van der Waals surface area contributed by atoms with Crippen molar-refractivity contribution in [2.45, 2.75) is 39.7 Å². The van der Waals surface area contributed by atoms with Crippen molar-refractivity contribution in [1.29, 1.82) is 0 Å². The zero-order chi connectivity index (χ0) is 18.7. The molecule has 26 heavy (non-hydrogen) atoms. The second-order valence-corrected chi connectivity index (χ2v) is 7.11. The molecule has 1 aliphatic heterocycles. The smallest absolute Gasteiger partial charge is 0.337 e. The van der Waals surface area contributed by atoms with Gasteiger partial charge in [-0.3, -0.25) is 9.36 Å². The summed E-state index contributed by atoms with van der Waals surface area (Å²) in [6.07, 6.45) is 3.50. The number of carbonyl (C=O) groups excluding carboxylic acids is 1. The van der Waals surface area contributed by atoms with E-state index >= 15 is 0 Å². The summed E-state index contributed by atoms with van der Waals surface area (Å²) in [7, 11) is 0. The summed E-state index contributed by atoms with van der Waals surface area (Å²) in [5.74, 6) is -0.385. The molecular formula is C20H22N2O3S. The normalized spacial score (nSPS) is 17.0. The van der Waals surface area contributed by atoms with Gasteiger partial charge >= 0.3 is 5.97 Å². The SMILES string of the molecule is CCC[C@@H]1N=c2s/c(=C\c3ccccc3)c(=O)n2C(C)=C1C(=O)OCC. The number of rotatable bonds is 5. The van der Waals surface area contributed by atoms with Crippen LogP contribution in [0.2, 0.25) is 0 Å². The third-order valence-electron chi connectivity index (χ3n) is 4.29. The molecule has 0 fully saturated rings. The quantitative estimate of drug-likeness (QED) is 0.759. The van der Waals surface area contributed by atoms with Crippen LogP contribution in [-0.4, -0.2) is 23.2 Å². The van der Waals surface area contributed by atoms with E-state index in [2.05, 4.69) is 6.92 Å². The third-order valence-corrected chi connectivity index (χ3v) is 5.27. The molecule has 0 N–H and O–H groups in total. The van der Waals surface area contributed by atoms with E-state index in [4.69, 9.17) is 9.73 Å². The van der Waals surface area contributed by atoms with E-state index < -0.39 is 0 Å². The van der Waals surface area contributed by atoms with Crippen molar-refractivity contribution >= 4 is 29.1 Å². The Balaban J connectivity index is 2.20. The van der Waals surface area contributed by atoms with Crippen molar-refractivity contribution in [1.82, 2.24) is 4.57 Å². The van der Waals surface area contributed by atoms with Crippen molar-refractivity contribution in [2.75, 3.05) is 6.61 Å². The number of hydrogen-bond acceptors (Lipinski definition) is 5. The average Bonchev–Trinajstić information content (AvgIpc) is 2.92. The van der Waals surface area contributed by atoms with E-state index in [9.17, 15) is 9.59 Å². The highest BCUT2D eigenvalue weighted by atomic mass is 32.1. The van der Waals surface area contributed by atoms with Gasteiger partial charge in [0, 0.05) is 5.70 Å². The van der Waals surface area contributed by atoms with Crippen LogP contribution in [0.15, 0.2) is 45.7 Å². The van der Waals surface area contributed by atoms with Gasteiger partial charge in [-0.05, 0) is 31.9 Å². The van der Waals surface area contributed by atoms with Crippen LogP contribution in [0.4, 0.5) is 0 Å². The Morgan fingerprint density at radius 3 is 2.69 bits per heavy atom. The number of nitrogens with zero attached hydrogens (tertiary/aromatic N) is 2. The molecule has 0 radical (unpaired) electrons. The lowest BCUT2D eigenvalue weighted by Crippen LogP contribution is -2.37. The zero-order valence-electron chi connectivity index (χ0n) is 15.2. The Hall–Kier alpha value is -2.47. The summed E-state index contributed by atoms with van der Waals surface area (Å²) in [5.41, 5.74) is 1.93. The van der Waals surface area contributed by atoms with Gasteiger partial charge in [-0.2, -0.15) is 0 Å². The van der Waals surface area contributed by atoms with Gasteiger partial charge in [0.1, 0.15) is 0 Å². The average molecular weight is 370 g/mol. The second kappa shape index (κ2) is 7.83. The van der Waals surface area contributed by atoms with Crippen LogP contribution in [0.25, 0.3) is 11.8 Å². The Morgan fingerprint density at radius 1 is 1.31 bits per heavy atom. The van der Waals surface area contributed by atoms with E-state index in [1.807, 2.05) is 36.4 Å². The van der Waals surface area contributed by atoms with E-state index in [0.29, 0.717) is 27.2 Å². The van der Waals surface area contributed by atoms with Gasteiger partial charge in [0.2, 0.25) is 0 Å². The van der Waals surface area contributed by atoms with Crippen molar-refractivity contribution < 1.29 is 9.53 Å². The van der Waals surface area contributed by atoms with Crippen molar-refractivity contribution in [3.05, 3.63) is 61.2 Å². The topological polar surface area (TPSA) is 60.7 Å². The predicted molar refractivity (Wildman–Crippen MR) is 104 cm³/mol. The molecule has 0 amide bonds. The molecule has 0 saturated heterocycles. The minimum absolute atomic E-state index is 0.146. The fourth-order valence-corrected chi connectivity index (χ4v) is 4.15. The number of thiazole rings is 1. The third kappa shape index (κ3) is 3.42. The number of esters is 1. The molecular weight excluding hydrogens is 348 g/mol. The number of ether oxygens (including phenoxy) is 1. The first-order chi connectivity index (χ1) is 12.6. The fourth-order valence-electron chi connectivity index (χ4n) is 3.09. The minimum Gasteiger partial charge on any atom is -0.463 e. The molecule has 1 aliphatic rings. The van der Waals surface area contributed by atoms with Crippen LogP contribution in [-0.2, 0) is 9.53 Å². The monoisotopic (exact) mass is 370 g/mol. The molecule has 6 heteroatoms. The fraction of sp³-hybridized carbons (Fsp3) is 0.350. The summed E-state index contributed by atoms with van der Waals surface area (Å²) in [5, 5.41) is 0. The molecule has 3 rings (SSSR count). The largest absolute Gasteiger partial charge is 0.463 e. The standard InChI is InChI=1S/C20H22N2O3S/c1-4-9-15-17(19(24)25-5-2)13(3)22-18(23)16(26-20(22)21-15)12-14-10-7-6-8-11-14/h6-8,10-12,15H,4-5,9H2,1-3H3/b16-12-/t15-/m0/s1. The van der Waals surface area contributed by atoms with Crippen LogP contribution >= 0.6 is 11.3 Å². The van der Waals surface area contributed by atoms with Crippen molar-refractivity contribution in [2.24, 2.45) is 4.99 Å². The van der Waals surface area contributed by atoms with Gasteiger partial charge in [0.25, 0.3) is 5.56 Å². The molecule has 1 atom stereocenters. The molecule has 1 aromatic carbocycles. The predicted octanol–water partition coefficient (Wildman–Crippen LogP) is 2.33. The maximum absolute atomic E-state index is 12.9. The molecule has 0 spiro atoms. The molecule has 0 bridgehead atoms. The Morgan fingerprint density at radius 2 is 2.04 bits per heavy atom. The van der Waals surface area contributed by atoms with Gasteiger partial charge in [0.05, 0.1) is 22.8 Å². The lowest BCUT2D eigenvalue weighted by molar-refractivity contribution is -0.138. The number of hydrogen-bond donors (Lipinski definition) is 0. The van der Waals surface area contributed by atoms with Crippen molar-refractivity contribution in [3.8, 4) is 0 Å². The molecule has 1 aromatic heterocycles. The van der Waals surface area contributed by atoms with E-state index in [1.165, 1.54) is 15.9 Å². The minimum atomic E-state index is -0.385. The van der Waals surface area contributed by atoms with Crippen LogP contribution in [0.1, 0.15) is 39.2 Å². The highest BCUT2D eigenvalue weighted by Crippen LogP contribution is 2.22. The molecule has 2 heterocycles. The molecule has 2 aromatic rings. The summed E-state index contributed by atoms with van der Waals surface area (Å²) >= 11 is 1.36. The van der Waals surface area contributed by atoms with Crippen LogP contribution < -0.4 is 14.9 Å². The molecule has 5 nitrogen and oxygen atoms in total. The van der Waals surface area contributed by atoms with Crippen LogP contribution in [0, 0.1) is 0 Å². The number of allylic oxidation sites excluding steroid dienone is 1. The highest BCUT2D eigenvalue weighted by molar-refractivity contribution is 7.07.